The highest BCUT2D eigenvalue weighted by molar-refractivity contribution is 7.89. The fraction of sp³-hybridized carbons (Fsp3) is 0.200. The summed E-state index contributed by atoms with van der Waals surface area (Å²) in [5.41, 5.74) is 1.60. The summed E-state index contributed by atoms with van der Waals surface area (Å²) < 4.78 is 37.7. The zero-order valence-electron chi connectivity index (χ0n) is 15.7. The summed E-state index contributed by atoms with van der Waals surface area (Å²) in [6.45, 7) is 2.73. The third kappa shape index (κ3) is 5.90. The van der Waals surface area contributed by atoms with Gasteiger partial charge in [0.1, 0.15) is 12.4 Å². The predicted octanol–water partition coefficient (Wildman–Crippen LogP) is 3.55. The van der Waals surface area contributed by atoms with Gasteiger partial charge >= 0.3 is 0 Å². The quantitative estimate of drug-likeness (QED) is 0.519. The van der Waals surface area contributed by atoms with Gasteiger partial charge in [-0.05, 0) is 55.5 Å². The average molecular weight is 434 g/mol. The molecular formula is C20H20ClN3O4S. The Kier molecular flexibility index (Phi) is 7.03. The molecule has 7 nitrogen and oxygen atoms in total. The highest BCUT2D eigenvalue weighted by Crippen LogP contribution is 2.21. The van der Waals surface area contributed by atoms with E-state index >= 15 is 0 Å². The minimum Gasteiger partial charge on any atom is -0.494 e. The fourth-order valence-corrected chi connectivity index (χ4v) is 3.80. The zero-order chi connectivity index (χ0) is 20.7. The zero-order valence-corrected chi connectivity index (χ0v) is 17.3. The lowest BCUT2D eigenvalue weighted by Crippen LogP contribution is -2.28. The van der Waals surface area contributed by atoms with E-state index in [1.165, 1.54) is 12.1 Å². The molecule has 1 heterocycles. The van der Waals surface area contributed by atoms with Crippen molar-refractivity contribution in [2.45, 2.75) is 11.8 Å². The van der Waals surface area contributed by atoms with E-state index in [2.05, 4.69) is 14.9 Å². The Morgan fingerprint density at radius 1 is 1.00 bits per heavy atom. The lowest BCUT2D eigenvalue weighted by Gasteiger charge is -2.08. The predicted molar refractivity (Wildman–Crippen MR) is 111 cm³/mol. The summed E-state index contributed by atoms with van der Waals surface area (Å²) in [6.07, 6.45) is 0. The molecule has 3 rings (SSSR count). The largest absolute Gasteiger partial charge is 0.494 e. The highest BCUT2D eigenvalue weighted by atomic mass is 35.5. The van der Waals surface area contributed by atoms with E-state index in [9.17, 15) is 8.42 Å². The Hall–Kier alpha value is -2.68. The maximum Gasteiger partial charge on any atom is 0.240 e. The molecule has 9 heteroatoms. The number of hydrogen-bond acceptors (Lipinski definition) is 6. The van der Waals surface area contributed by atoms with Crippen LogP contribution in [0.3, 0.4) is 0 Å². The van der Waals surface area contributed by atoms with Gasteiger partial charge in [0, 0.05) is 23.2 Å². The first-order valence-corrected chi connectivity index (χ1v) is 10.8. The van der Waals surface area contributed by atoms with E-state index in [-0.39, 0.29) is 18.0 Å². The second-order valence-corrected chi connectivity index (χ2v) is 8.12. The molecule has 0 spiro atoms. The summed E-state index contributed by atoms with van der Waals surface area (Å²) in [4.78, 5) is 0.101. The van der Waals surface area contributed by atoms with Crippen molar-refractivity contribution in [3.05, 3.63) is 65.7 Å². The summed E-state index contributed by atoms with van der Waals surface area (Å²) in [6, 6.07) is 17.1. The lowest BCUT2D eigenvalue weighted by molar-refractivity contribution is 0.307. The number of nitrogens with zero attached hydrogens (tertiary/aromatic N) is 2. The molecule has 0 fully saturated rings. The molecule has 0 saturated carbocycles. The maximum atomic E-state index is 12.2. The molecule has 0 aliphatic carbocycles. The molecule has 152 valence electrons. The molecule has 3 aromatic rings. The van der Waals surface area contributed by atoms with Gasteiger partial charge in [-0.25, -0.2) is 13.1 Å². The van der Waals surface area contributed by atoms with Crippen LogP contribution >= 0.6 is 11.6 Å². The summed E-state index contributed by atoms with van der Waals surface area (Å²) in [5.74, 6) is 1.10. The maximum absolute atomic E-state index is 12.2. The number of sulfonamides is 1. The number of hydrogen-bond donors (Lipinski definition) is 1. The third-order valence-electron chi connectivity index (χ3n) is 3.85. The molecule has 0 atom stereocenters. The topological polar surface area (TPSA) is 90.4 Å². The third-order valence-corrected chi connectivity index (χ3v) is 5.55. The van der Waals surface area contributed by atoms with E-state index in [4.69, 9.17) is 21.1 Å². The number of benzene rings is 2. The number of halogens is 1. The van der Waals surface area contributed by atoms with Crippen molar-refractivity contribution in [2.24, 2.45) is 0 Å². The van der Waals surface area contributed by atoms with Crippen LogP contribution in [0.2, 0.25) is 5.02 Å². The molecule has 1 N–H and O–H groups in total. The van der Waals surface area contributed by atoms with Crippen LogP contribution < -0.4 is 14.2 Å². The van der Waals surface area contributed by atoms with Gasteiger partial charge < -0.3 is 9.47 Å². The van der Waals surface area contributed by atoms with E-state index in [0.29, 0.717) is 23.2 Å². The van der Waals surface area contributed by atoms with Crippen LogP contribution in [0.25, 0.3) is 11.3 Å². The second-order valence-electron chi connectivity index (χ2n) is 5.92. The van der Waals surface area contributed by atoms with Crippen LogP contribution in [0.15, 0.2) is 65.6 Å². The fourth-order valence-electron chi connectivity index (χ4n) is 2.49. The summed E-state index contributed by atoms with van der Waals surface area (Å²) in [7, 11) is -3.65. The minimum atomic E-state index is -3.65. The van der Waals surface area contributed by atoms with Crippen LogP contribution in [-0.2, 0) is 10.0 Å². The van der Waals surface area contributed by atoms with Crippen molar-refractivity contribution in [3.8, 4) is 22.9 Å². The molecule has 29 heavy (non-hydrogen) atoms. The van der Waals surface area contributed by atoms with Gasteiger partial charge in [0.25, 0.3) is 0 Å². The molecule has 1 aromatic heterocycles. The first-order valence-electron chi connectivity index (χ1n) is 8.93. The Morgan fingerprint density at radius 3 is 2.45 bits per heavy atom. The lowest BCUT2D eigenvalue weighted by atomic mass is 10.1. The van der Waals surface area contributed by atoms with E-state index < -0.39 is 10.0 Å². The smallest absolute Gasteiger partial charge is 0.240 e. The number of ether oxygens (including phenoxy) is 2. The average Bonchev–Trinajstić information content (AvgIpc) is 2.73. The van der Waals surface area contributed by atoms with Gasteiger partial charge in [0.05, 0.1) is 17.2 Å². The van der Waals surface area contributed by atoms with Crippen LogP contribution in [0.5, 0.6) is 11.6 Å². The molecule has 0 aliphatic rings. The number of aromatic nitrogens is 2. The standard InChI is InChI=1S/C20H20ClN3O4S/c1-2-27-17-8-6-15(7-9-17)19-10-11-20(24-23-19)28-13-12-22-29(25,26)18-5-3-4-16(21)14-18/h3-11,14,22H,2,12-13H2,1H3. The van der Waals surface area contributed by atoms with Crippen LogP contribution in [0.1, 0.15) is 6.92 Å². The van der Waals surface area contributed by atoms with E-state index in [0.717, 1.165) is 11.3 Å². The SMILES string of the molecule is CCOc1ccc(-c2ccc(OCCNS(=O)(=O)c3cccc(Cl)c3)nn2)cc1. The van der Waals surface area contributed by atoms with Gasteiger partial charge in [-0.3, -0.25) is 0 Å². The van der Waals surface area contributed by atoms with Crippen molar-refractivity contribution in [1.29, 1.82) is 0 Å². The molecule has 0 saturated heterocycles. The number of nitrogens with one attached hydrogen (secondary N) is 1. The minimum absolute atomic E-state index is 0.0805. The molecule has 0 bridgehead atoms. The van der Waals surface area contributed by atoms with Crippen LogP contribution in [0, 0.1) is 0 Å². The second kappa shape index (κ2) is 9.69. The van der Waals surface area contributed by atoms with Crippen molar-refractivity contribution in [3.63, 3.8) is 0 Å². The molecule has 0 amide bonds. The monoisotopic (exact) mass is 433 g/mol. The van der Waals surface area contributed by atoms with Crippen LogP contribution in [0.4, 0.5) is 0 Å². The van der Waals surface area contributed by atoms with Crippen LogP contribution in [-0.4, -0.2) is 38.4 Å². The molecule has 0 radical (unpaired) electrons. The van der Waals surface area contributed by atoms with Crippen molar-refractivity contribution in [1.82, 2.24) is 14.9 Å². The van der Waals surface area contributed by atoms with E-state index in [1.807, 2.05) is 31.2 Å². The van der Waals surface area contributed by atoms with Crippen molar-refractivity contribution < 1.29 is 17.9 Å². The summed E-state index contributed by atoms with van der Waals surface area (Å²) in [5, 5.41) is 8.51. The summed E-state index contributed by atoms with van der Waals surface area (Å²) >= 11 is 5.83. The van der Waals surface area contributed by atoms with Gasteiger partial charge in [-0.15, -0.1) is 10.2 Å². The first kappa shape index (κ1) is 21.0. The van der Waals surface area contributed by atoms with Crippen molar-refractivity contribution >= 4 is 21.6 Å². The molecular weight excluding hydrogens is 414 g/mol. The Labute approximate surface area is 174 Å². The number of rotatable bonds is 9. The Bertz CT molecular complexity index is 1040. The highest BCUT2D eigenvalue weighted by Gasteiger charge is 2.13. The van der Waals surface area contributed by atoms with Gasteiger partial charge in [-0.1, -0.05) is 17.7 Å². The van der Waals surface area contributed by atoms with Crippen molar-refractivity contribution in [2.75, 3.05) is 19.8 Å². The van der Waals surface area contributed by atoms with Gasteiger partial charge in [0.15, 0.2) is 0 Å². The first-order chi connectivity index (χ1) is 14.0. The molecule has 0 unspecified atom stereocenters. The normalized spacial score (nSPS) is 11.2. The van der Waals surface area contributed by atoms with Gasteiger partial charge in [0.2, 0.25) is 15.9 Å². The molecule has 2 aromatic carbocycles. The van der Waals surface area contributed by atoms with E-state index in [1.54, 1.807) is 24.3 Å². The Morgan fingerprint density at radius 2 is 1.79 bits per heavy atom. The molecule has 0 aliphatic heterocycles. The Balaban J connectivity index is 1.51. The van der Waals surface area contributed by atoms with Gasteiger partial charge in [-0.2, -0.15) is 0 Å².